The normalized spacial score (nSPS) is 13.3. The van der Waals surface area contributed by atoms with Crippen LogP contribution in [0.1, 0.15) is 72.6 Å². The van der Waals surface area contributed by atoms with Crippen molar-refractivity contribution in [2.45, 2.75) is 72.6 Å². The summed E-state index contributed by atoms with van der Waals surface area (Å²) in [6.07, 6.45) is 13.5. The zero-order chi connectivity index (χ0) is 11.5. The van der Waals surface area contributed by atoms with Gasteiger partial charge in [0.1, 0.15) is 0 Å². The Morgan fingerprint density at radius 3 is 2.33 bits per heavy atom. The lowest BCUT2D eigenvalue weighted by atomic mass is 9.97. The molecule has 0 aliphatic rings. The average Bonchev–Trinajstić information content (AvgIpc) is 2.24. The summed E-state index contributed by atoms with van der Waals surface area (Å²) in [5.74, 6) is 0. The molecule has 0 fully saturated rings. The molecule has 0 N–H and O–H groups in total. The van der Waals surface area contributed by atoms with Gasteiger partial charge in [-0.3, -0.25) is 0 Å². The van der Waals surface area contributed by atoms with Gasteiger partial charge in [-0.25, -0.2) is 0 Å². The van der Waals surface area contributed by atoms with Crippen molar-refractivity contribution in [2.75, 3.05) is 0 Å². The predicted octanol–water partition coefficient (Wildman–Crippen LogP) is 5.65. The second kappa shape index (κ2) is 10.0. The van der Waals surface area contributed by atoms with Crippen LogP contribution in [0.5, 0.6) is 0 Å². The third kappa shape index (κ3) is 7.41. The molecule has 0 saturated carbocycles. The summed E-state index contributed by atoms with van der Waals surface area (Å²) in [5.41, 5.74) is 3.33. The minimum absolute atomic E-state index is 1.21. The topological polar surface area (TPSA) is 0 Å². The van der Waals surface area contributed by atoms with Crippen LogP contribution < -0.4 is 0 Å². The molecule has 0 nitrogen and oxygen atoms in total. The van der Waals surface area contributed by atoms with E-state index in [1.807, 2.05) is 0 Å². The van der Waals surface area contributed by atoms with Crippen LogP contribution in [-0.2, 0) is 0 Å². The summed E-state index contributed by atoms with van der Waals surface area (Å²) in [6.45, 7) is 8.98. The monoisotopic (exact) mass is 208 g/mol. The van der Waals surface area contributed by atoms with Crippen LogP contribution in [0.3, 0.4) is 0 Å². The maximum atomic E-state index is 2.31. The maximum Gasteiger partial charge on any atom is -0.0286 e. The van der Waals surface area contributed by atoms with Crippen molar-refractivity contribution in [2.24, 2.45) is 0 Å². The molecule has 0 saturated heterocycles. The summed E-state index contributed by atoms with van der Waals surface area (Å²) in [5, 5.41) is 0. The summed E-state index contributed by atoms with van der Waals surface area (Å²) in [6, 6.07) is 0. The second-order valence-electron chi connectivity index (χ2n) is 4.30. The highest BCUT2D eigenvalue weighted by atomic mass is 14.1. The van der Waals surface area contributed by atoms with Crippen molar-refractivity contribution in [3.63, 3.8) is 0 Å². The highest BCUT2D eigenvalue weighted by molar-refractivity contribution is 5.12. The van der Waals surface area contributed by atoms with E-state index in [9.17, 15) is 0 Å². The van der Waals surface area contributed by atoms with Crippen molar-refractivity contribution in [3.05, 3.63) is 23.3 Å². The number of allylic oxidation sites excluding steroid dienone is 4. The van der Waals surface area contributed by atoms with Crippen molar-refractivity contribution < 1.29 is 0 Å². The minimum Gasteiger partial charge on any atom is -0.0917 e. The predicted molar refractivity (Wildman–Crippen MR) is 71.2 cm³/mol. The molecular formula is C15H28. The van der Waals surface area contributed by atoms with Crippen molar-refractivity contribution in [1.82, 2.24) is 0 Å². The Balaban J connectivity index is 4.01. The van der Waals surface area contributed by atoms with Gasteiger partial charge in [0.25, 0.3) is 0 Å². The van der Waals surface area contributed by atoms with Crippen LogP contribution in [-0.4, -0.2) is 0 Å². The fourth-order valence-electron chi connectivity index (χ4n) is 1.92. The number of hydrogen-bond acceptors (Lipinski definition) is 0. The van der Waals surface area contributed by atoms with Gasteiger partial charge in [-0.05, 0) is 46.0 Å². The zero-order valence-electron chi connectivity index (χ0n) is 11.1. The van der Waals surface area contributed by atoms with E-state index in [-0.39, 0.29) is 0 Å². The van der Waals surface area contributed by atoms with Gasteiger partial charge in [0.2, 0.25) is 0 Å². The standard InChI is InChI=1S/C15H28/c1-5-8-10-12-14(4)15(7-3)13-11-9-6-2/h5,8H,6-7,9-13H2,1-4H3. The lowest BCUT2D eigenvalue weighted by molar-refractivity contribution is 0.693. The third-order valence-electron chi connectivity index (χ3n) is 3.03. The van der Waals surface area contributed by atoms with Gasteiger partial charge < -0.3 is 0 Å². The van der Waals surface area contributed by atoms with E-state index in [1.54, 1.807) is 11.1 Å². The summed E-state index contributed by atoms with van der Waals surface area (Å²) >= 11 is 0. The number of unbranched alkanes of at least 4 members (excludes halogenated alkanes) is 2. The summed E-state index contributed by atoms with van der Waals surface area (Å²) in [7, 11) is 0. The minimum atomic E-state index is 1.21. The first-order valence-electron chi connectivity index (χ1n) is 6.54. The Hall–Kier alpha value is -0.520. The van der Waals surface area contributed by atoms with Gasteiger partial charge in [-0.1, -0.05) is 50.0 Å². The molecule has 0 aromatic rings. The van der Waals surface area contributed by atoms with Crippen LogP contribution >= 0.6 is 0 Å². The molecule has 0 radical (unpaired) electrons. The molecule has 0 heteroatoms. The lowest BCUT2D eigenvalue weighted by Gasteiger charge is -2.09. The molecule has 88 valence electrons. The Labute approximate surface area is 96.5 Å². The Bertz CT molecular complexity index is 196. The first-order chi connectivity index (χ1) is 7.26. The highest BCUT2D eigenvalue weighted by Gasteiger charge is 2.00. The highest BCUT2D eigenvalue weighted by Crippen LogP contribution is 2.20. The molecule has 15 heavy (non-hydrogen) atoms. The Morgan fingerprint density at radius 2 is 1.80 bits per heavy atom. The molecule has 0 aliphatic heterocycles. The van der Waals surface area contributed by atoms with Gasteiger partial charge >= 0.3 is 0 Å². The zero-order valence-corrected chi connectivity index (χ0v) is 11.1. The van der Waals surface area contributed by atoms with Crippen molar-refractivity contribution in [3.8, 4) is 0 Å². The van der Waals surface area contributed by atoms with Gasteiger partial charge in [0.15, 0.2) is 0 Å². The van der Waals surface area contributed by atoms with Gasteiger partial charge in [-0.2, -0.15) is 0 Å². The fraction of sp³-hybridized carbons (Fsp3) is 0.733. The van der Waals surface area contributed by atoms with Crippen LogP contribution in [0, 0.1) is 0 Å². The van der Waals surface area contributed by atoms with E-state index in [2.05, 4.69) is 39.8 Å². The van der Waals surface area contributed by atoms with E-state index in [1.165, 1.54) is 44.9 Å². The molecule has 0 atom stereocenters. The summed E-state index contributed by atoms with van der Waals surface area (Å²) < 4.78 is 0. The van der Waals surface area contributed by atoms with Gasteiger partial charge in [-0.15, -0.1) is 0 Å². The van der Waals surface area contributed by atoms with Gasteiger partial charge in [0.05, 0.1) is 0 Å². The molecule has 0 rings (SSSR count). The largest absolute Gasteiger partial charge is 0.0917 e. The van der Waals surface area contributed by atoms with Crippen LogP contribution in [0.4, 0.5) is 0 Å². The molecule has 0 aliphatic carbocycles. The SMILES string of the molecule is CC=CCCC(C)=C(CC)CCCCC. The Morgan fingerprint density at radius 1 is 1.07 bits per heavy atom. The number of hydrogen-bond donors (Lipinski definition) is 0. The molecule has 0 aromatic carbocycles. The molecule has 0 heterocycles. The van der Waals surface area contributed by atoms with Crippen molar-refractivity contribution >= 4 is 0 Å². The van der Waals surface area contributed by atoms with Crippen LogP contribution in [0.15, 0.2) is 23.3 Å². The average molecular weight is 208 g/mol. The van der Waals surface area contributed by atoms with E-state index in [0.717, 1.165) is 0 Å². The molecule has 0 amide bonds. The molecular weight excluding hydrogens is 180 g/mol. The van der Waals surface area contributed by atoms with Gasteiger partial charge in [0, 0.05) is 0 Å². The second-order valence-corrected chi connectivity index (χ2v) is 4.30. The van der Waals surface area contributed by atoms with Crippen molar-refractivity contribution in [1.29, 1.82) is 0 Å². The lowest BCUT2D eigenvalue weighted by Crippen LogP contribution is -1.89. The molecule has 0 unspecified atom stereocenters. The first-order valence-corrected chi connectivity index (χ1v) is 6.54. The van der Waals surface area contributed by atoms with E-state index in [0.29, 0.717) is 0 Å². The van der Waals surface area contributed by atoms with Crippen LogP contribution in [0.2, 0.25) is 0 Å². The van der Waals surface area contributed by atoms with E-state index >= 15 is 0 Å². The fourth-order valence-corrected chi connectivity index (χ4v) is 1.92. The molecule has 0 spiro atoms. The van der Waals surface area contributed by atoms with E-state index < -0.39 is 0 Å². The quantitative estimate of drug-likeness (QED) is 0.357. The summed E-state index contributed by atoms with van der Waals surface area (Å²) in [4.78, 5) is 0. The smallest absolute Gasteiger partial charge is 0.0286 e. The van der Waals surface area contributed by atoms with Crippen LogP contribution in [0.25, 0.3) is 0 Å². The number of rotatable bonds is 8. The van der Waals surface area contributed by atoms with E-state index in [4.69, 9.17) is 0 Å². The third-order valence-corrected chi connectivity index (χ3v) is 3.03. The first kappa shape index (κ1) is 14.5. The maximum absolute atomic E-state index is 2.31. The molecule has 0 aromatic heterocycles. The Kier molecular flexibility index (Phi) is 9.67. The molecule has 0 bridgehead atoms.